The van der Waals surface area contributed by atoms with Gasteiger partial charge in [0.25, 0.3) is 0 Å². The molecule has 1 aromatic carbocycles. The number of nitrogens with zero attached hydrogens (tertiary/aromatic N) is 1. The van der Waals surface area contributed by atoms with E-state index in [0.29, 0.717) is 17.5 Å². The van der Waals surface area contributed by atoms with Gasteiger partial charge in [-0.15, -0.1) is 6.42 Å². The Morgan fingerprint density at radius 2 is 2.29 bits per heavy atom. The maximum Gasteiger partial charge on any atom is 0.246 e. The Labute approximate surface area is 129 Å². The molecule has 1 unspecified atom stereocenters. The van der Waals surface area contributed by atoms with E-state index in [9.17, 15) is 4.79 Å². The summed E-state index contributed by atoms with van der Waals surface area (Å²) in [6.07, 6.45) is 7.98. The summed E-state index contributed by atoms with van der Waals surface area (Å²) in [7, 11) is 1.76. The van der Waals surface area contributed by atoms with Crippen molar-refractivity contribution >= 4 is 28.9 Å². The largest absolute Gasteiger partial charge is 0.359 e. The normalized spacial score (nSPS) is 19.9. The van der Waals surface area contributed by atoms with Crippen LogP contribution in [0.25, 0.3) is 0 Å². The first-order chi connectivity index (χ1) is 10.1. The van der Waals surface area contributed by atoms with Gasteiger partial charge < -0.3 is 15.5 Å². The fourth-order valence-corrected chi connectivity index (χ4v) is 3.06. The molecule has 3 rings (SSSR count). The van der Waals surface area contributed by atoms with Gasteiger partial charge in [0.1, 0.15) is 6.04 Å². The monoisotopic (exact) mass is 303 g/mol. The molecule has 1 saturated carbocycles. The van der Waals surface area contributed by atoms with E-state index in [1.54, 1.807) is 7.05 Å². The van der Waals surface area contributed by atoms with Crippen molar-refractivity contribution in [2.24, 2.45) is 5.92 Å². The maximum atomic E-state index is 11.9. The summed E-state index contributed by atoms with van der Waals surface area (Å²) in [4.78, 5) is 14.0. The number of rotatable bonds is 5. The Balaban J connectivity index is 1.94. The van der Waals surface area contributed by atoms with Crippen LogP contribution in [0.4, 0.5) is 11.4 Å². The number of carbonyl (C=O) groups is 1. The Hall–Kier alpha value is -1.70. The molecule has 1 heterocycles. The summed E-state index contributed by atoms with van der Waals surface area (Å²) in [5.74, 6) is 3.35. The molecule has 110 valence electrons. The van der Waals surface area contributed by atoms with E-state index in [4.69, 9.17) is 18.0 Å². The lowest BCUT2D eigenvalue weighted by Crippen LogP contribution is -2.26. The number of nitrogens with one attached hydrogen (secondary N) is 2. The van der Waals surface area contributed by atoms with Crippen molar-refractivity contribution in [3.05, 3.63) is 22.7 Å². The molecule has 1 amide bonds. The molecule has 0 bridgehead atoms. The first-order valence-electron chi connectivity index (χ1n) is 7.14. The van der Waals surface area contributed by atoms with Gasteiger partial charge in [0.05, 0.1) is 17.3 Å². The molecule has 21 heavy (non-hydrogen) atoms. The van der Waals surface area contributed by atoms with E-state index in [-0.39, 0.29) is 11.9 Å². The third-order valence-corrected chi connectivity index (χ3v) is 4.34. The molecule has 2 aliphatic rings. The molecule has 1 aromatic rings. The fourth-order valence-electron chi connectivity index (χ4n) is 2.77. The van der Waals surface area contributed by atoms with Gasteiger partial charge in [-0.3, -0.25) is 4.79 Å². The minimum absolute atomic E-state index is 0.0496. The van der Waals surface area contributed by atoms with E-state index in [1.165, 1.54) is 12.8 Å². The lowest BCUT2D eigenvalue weighted by molar-refractivity contribution is -0.117. The van der Waals surface area contributed by atoms with Gasteiger partial charge >= 0.3 is 0 Å². The molecule has 1 aliphatic carbocycles. The van der Waals surface area contributed by atoms with Gasteiger partial charge in [-0.1, -0.05) is 17.5 Å². The van der Waals surface area contributed by atoms with Gasteiger partial charge in [0, 0.05) is 17.8 Å². The molecule has 1 atom stereocenters. The van der Waals surface area contributed by atoms with Crippen LogP contribution in [0, 0.1) is 18.3 Å². The Bertz CT molecular complexity index is 619. The summed E-state index contributed by atoms with van der Waals surface area (Å²) in [6, 6.07) is 3.46. The maximum absolute atomic E-state index is 11.9. The SMILES string of the molecule is C#CCN(CC1CC1)c1cc2c(cc1Cl)C(NC)C(=O)N2. The van der Waals surface area contributed by atoms with Crippen LogP contribution in [0.5, 0.6) is 0 Å². The molecule has 0 spiro atoms. The summed E-state index contributed by atoms with van der Waals surface area (Å²) in [5.41, 5.74) is 2.61. The van der Waals surface area contributed by atoms with Crippen LogP contribution in [0.1, 0.15) is 24.4 Å². The Morgan fingerprint density at radius 3 is 2.90 bits per heavy atom. The van der Waals surface area contributed by atoms with E-state index in [0.717, 1.165) is 23.5 Å². The van der Waals surface area contributed by atoms with Crippen molar-refractivity contribution in [3.63, 3.8) is 0 Å². The second-order valence-corrected chi connectivity index (χ2v) is 6.04. The average molecular weight is 304 g/mol. The highest BCUT2D eigenvalue weighted by atomic mass is 35.5. The molecule has 0 radical (unpaired) electrons. The fraction of sp³-hybridized carbons (Fsp3) is 0.438. The van der Waals surface area contributed by atoms with Gasteiger partial charge in [-0.2, -0.15) is 0 Å². The first kappa shape index (κ1) is 14.2. The first-order valence-corrected chi connectivity index (χ1v) is 7.51. The number of likely N-dealkylation sites (N-methyl/N-ethyl adjacent to an activating group) is 1. The summed E-state index contributed by atoms with van der Waals surface area (Å²) >= 11 is 6.44. The molecule has 2 N–H and O–H groups in total. The van der Waals surface area contributed by atoms with E-state index < -0.39 is 0 Å². The van der Waals surface area contributed by atoms with Gasteiger partial charge in [0.15, 0.2) is 0 Å². The number of anilines is 2. The van der Waals surface area contributed by atoms with Crippen LogP contribution in [0.2, 0.25) is 5.02 Å². The molecule has 4 nitrogen and oxygen atoms in total. The Kier molecular flexibility index (Phi) is 3.79. The molecular formula is C16H18ClN3O. The highest BCUT2D eigenvalue weighted by Gasteiger charge is 2.31. The Morgan fingerprint density at radius 1 is 1.52 bits per heavy atom. The predicted molar refractivity (Wildman–Crippen MR) is 85.7 cm³/mol. The zero-order chi connectivity index (χ0) is 15.0. The number of halogens is 1. The van der Waals surface area contributed by atoms with Crippen molar-refractivity contribution < 1.29 is 4.79 Å². The van der Waals surface area contributed by atoms with Crippen molar-refractivity contribution in [1.29, 1.82) is 0 Å². The summed E-state index contributed by atoms with van der Waals surface area (Å²) in [5, 5.41) is 6.53. The van der Waals surface area contributed by atoms with E-state index >= 15 is 0 Å². The van der Waals surface area contributed by atoms with E-state index in [2.05, 4.69) is 21.5 Å². The van der Waals surface area contributed by atoms with Crippen LogP contribution in [-0.2, 0) is 4.79 Å². The quantitative estimate of drug-likeness (QED) is 0.821. The van der Waals surface area contributed by atoms with Crippen LogP contribution in [-0.4, -0.2) is 26.0 Å². The van der Waals surface area contributed by atoms with Crippen molar-refractivity contribution in [3.8, 4) is 12.3 Å². The number of fused-ring (bicyclic) bond motifs is 1. The third kappa shape index (κ3) is 2.72. The smallest absolute Gasteiger partial charge is 0.246 e. The highest BCUT2D eigenvalue weighted by molar-refractivity contribution is 6.33. The minimum atomic E-state index is -0.337. The van der Waals surface area contributed by atoms with Crippen molar-refractivity contribution in [2.45, 2.75) is 18.9 Å². The second kappa shape index (κ2) is 5.59. The third-order valence-electron chi connectivity index (χ3n) is 4.04. The standard InChI is InChI=1S/C16H18ClN3O/c1-3-6-20(9-10-4-5-10)14-8-13-11(7-12(14)17)15(18-2)16(21)19-13/h1,7-8,10,15,18H,4-6,9H2,2H3,(H,19,21). The van der Waals surface area contributed by atoms with Crippen molar-refractivity contribution in [1.82, 2.24) is 5.32 Å². The topological polar surface area (TPSA) is 44.4 Å². The van der Waals surface area contributed by atoms with Crippen LogP contribution < -0.4 is 15.5 Å². The minimum Gasteiger partial charge on any atom is -0.359 e. The second-order valence-electron chi connectivity index (χ2n) is 5.63. The number of hydrogen-bond acceptors (Lipinski definition) is 3. The average Bonchev–Trinajstić information content (AvgIpc) is 3.20. The molecule has 1 fully saturated rings. The summed E-state index contributed by atoms with van der Waals surface area (Å²) in [6.45, 7) is 1.45. The molecule has 1 aliphatic heterocycles. The number of terminal acetylenes is 1. The number of carbonyl (C=O) groups excluding carboxylic acids is 1. The van der Waals surface area contributed by atoms with Crippen molar-refractivity contribution in [2.75, 3.05) is 30.4 Å². The van der Waals surface area contributed by atoms with Crippen LogP contribution >= 0.6 is 11.6 Å². The van der Waals surface area contributed by atoms with Gasteiger partial charge in [-0.25, -0.2) is 0 Å². The number of hydrogen-bond donors (Lipinski definition) is 2. The zero-order valence-electron chi connectivity index (χ0n) is 11.9. The lowest BCUT2D eigenvalue weighted by Gasteiger charge is -2.24. The zero-order valence-corrected chi connectivity index (χ0v) is 12.7. The molecule has 0 saturated heterocycles. The molecule has 0 aromatic heterocycles. The van der Waals surface area contributed by atoms with Crippen LogP contribution in [0.3, 0.4) is 0 Å². The molecular weight excluding hydrogens is 286 g/mol. The predicted octanol–water partition coefficient (Wildman–Crippen LogP) is 2.40. The van der Waals surface area contributed by atoms with Gasteiger partial charge in [0.2, 0.25) is 5.91 Å². The molecule has 5 heteroatoms. The number of benzene rings is 1. The summed E-state index contributed by atoms with van der Waals surface area (Å²) < 4.78 is 0. The highest BCUT2D eigenvalue weighted by Crippen LogP contribution is 2.40. The lowest BCUT2D eigenvalue weighted by atomic mass is 10.1. The number of amides is 1. The van der Waals surface area contributed by atoms with Gasteiger partial charge in [-0.05, 0) is 37.9 Å². The van der Waals surface area contributed by atoms with E-state index in [1.807, 2.05) is 12.1 Å². The van der Waals surface area contributed by atoms with Crippen LogP contribution in [0.15, 0.2) is 12.1 Å².